The summed E-state index contributed by atoms with van der Waals surface area (Å²) in [6.45, 7) is 3.30. The SMILES string of the molecule is CC1C2CCC(C2)C1CNc1ccc(CC(F)(F)F)cc1. The van der Waals surface area contributed by atoms with Crippen molar-refractivity contribution in [3.05, 3.63) is 29.8 Å². The smallest absolute Gasteiger partial charge is 0.385 e. The number of hydrogen-bond donors (Lipinski definition) is 1. The van der Waals surface area contributed by atoms with Crippen molar-refractivity contribution < 1.29 is 13.2 Å². The maximum absolute atomic E-state index is 12.3. The van der Waals surface area contributed by atoms with Crippen molar-refractivity contribution in [2.24, 2.45) is 23.7 Å². The van der Waals surface area contributed by atoms with Gasteiger partial charge in [0.25, 0.3) is 0 Å². The van der Waals surface area contributed by atoms with Gasteiger partial charge in [-0.25, -0.2) is 0 Å². The van der Waals surface area contributed by atoms with Crippen LogP contribution in [0.2, 0.25) is 0 Å². The van der Waals surface area contributed by atoms with Gasteiger partial charge in [0.1, 0.15) is 0 Å². The number of benzene rings is 1. The number of halogens is 3. The average molecular weight is 297 g/mol. The summed E-state index contributed by atoms with van der Waals surface area (Å²) in [7, 11) is 0. The molecular formula is C17H22F3N. The first-order valence-corrected chi connectivity index (χ1v) is 7.82. The van der Waals surface area contributed by atoms with E-state index in [9.17, 15) is 13.2 Å². The first kappa shape index (κ1) is 14.7. The second kappa shape index (κ2) is 5.54. The van der Waals surface area contributed by atoms with Gasteiger partial charge in [0.15, 0.2) is 0 Å². The van der Waals surface area contributed by atoms with Gasteiger partial charge in [-0.3, -0.25) is 0 Å². The number of rotatable bonds is 4. The zero-order valence-corrected chi connectivity index (χ0v) is 12.3. The van der Waals surface area contributed by atoms with E-state index in [0.717, 1.165) is 35.9 Å². The Morgan fingerprint density at radius 2 is 1.76 bits per heavy atom. The monoisotopic (exact) mass is 297 g/mol. The van der Waals surface area contributed by atoms with Crippen LogP contribution in [0.1, 0.15) is 31.7 Å². The van der Waals surface area contributed by atoms with Crippen LogP contribution in [0.4, 0.5) is 18.9 Å². The maximum Gasteiger partial charge on any atom is 0.393 e. The summed E-state index contributed by atoms with van der Waals surface area (Å²) in [5.74, 6) is 3.25. The lowest BCUT2D eigenvalue weighted by Crippen LogP contribution is -2.26. The molecule has 1 aromatic rings. The second-order valence-electron chi connectivity index (χ2n) is 6.73. The van der Waals surface area contributed by atoms with Gasteiger partial charge >= 0.3 is 6.18 Å². The van der Waals surface area contributed by atoms with Crippen molar-refractivity contribution >= 4 is 5.69 Å². The molecule has 2 aliphatic rings. The van der Waals surface area contributed by atoms with Crippen LogP contribution in [0.15, 0.2) is 24.3 Å². The van der Waals surface area contributed by atoms with E-state index in [1.54, 1.807) is 24.3 Å². The van der Waals surface area contributed by atoms with Crippen molar-refractivity contribution in [1.29, 1.82) is 0 Å². The highest BCUT2D eigenvalue weighted by atomic mass is 19.4. The lowest BCUT2D eigenvalue weighted by Gasteiger charge is -2.28. The maximum atomic E-state index is 12.3. The van der Waals surface area contributed by atoms with E-state index in [2.05, 4.69) is 12.2 Å². The first-order chi connectivity index (χ1) is 9.92. The number of anilines is 1. The Balaban J connectivity index is 1.54. The van der Waals surface area contributed by atoms with E-state index < -0.39 is 12.6 Å². The van der Waals surface area contributed by atoms with Gasteiger partial charge in [0.2, 0.25) is 0 Å². The average Bonchev–Trinajstić information content (AvgIpc) is 2.98. The summed E-state index contributed by atoms with van der Waals surface area (Å²) in [5.41, 5.74) is 1.25. The Morgan fingerprint density at radius 1 is 1.10 bits per heavy atom. The normalized spacial score (nSPS) is 31.6. The predicted octanol–water partition coefficient (Wildman–Crippen LogP) is 4.89. The molecule has 116 valence electrons. The Bertz CT molecular complexity index is 478. The minimum absolute atomic E-state index is 0.321. The highest BCUT2D eigenvalue weighted by Gasteiger charge is 2.44. The van der Waals surface area contributed by atoms with Crippen molar-refractivity contribution in [1.82, 2.24) is 0 Å². The molecule has 1 nitrogen and oxygen atoms in total. The van der Waals surface area contributed by atoms with E-state index in [1.165, 1.54) is 19.3 Å². The molecule has 2 aliphatic carbocycles. The number of alkyl halides is 3. The van der Waals surface area contributed by atoms with E-state index in [4.69, 9.17) is 0 Å². The largest absolute Gasteiger partial charge is 0.393 e. The van der Waals surface area contributed by atoms with E-state index >= 15 is 0 Å². The molecule has 0 saturated heterocycles. The molecule has 2 fully saturated rings. The fourth-order valence-electron chi connectivity index (χ4n) is 4.26. The van der Waals surface area contributed by atoms with Crippen LogP contribution in [-0.2, 0) is 6.42 Å². The van der Waals surface area contributed by atoms with Crippen molar-refractivity contribution in [3.8, 4) is 0 Å². The van der Waals surface area contributed by atoms with Gasteiger partial charge in [-0.1, -0.05) is 19.1 Å². The highest BCUT2D eigenvalue weighted by molar-refractivity contribution is 5.44. The molecule has 4 atom stereocenters. The molecule has 0 aliphatic heterocycles. The quantitative estimate of drug-likeness (QED) is 0.834. The van der Waals surface area contributed by atoms with Crippen molar-refractivity contribution in [2.75, 3.05) is 11.9 Å². The zero-order valence-electron chi connectivity index (χ0n) is 12.3. The standard InChI is InChI=1S/C17H22F3N/c1-11-13-4-5-14(8-13)16(11)10-21-15-6-2-12(3-7-15)9-17(18,19)20/h2-3,6-7,11,13-14,16,21H,4-5,8-10H2,1H3. The fraction of sp³-hybridized carbons (Fsp3) is 0.647. The van der Waals surface area contributed by atoms with E-state index in [-0.39, 0.29) is 0 Å². The minimum Gasteiger partial charge on any atom is -0.385 e. The Kier molecular flexibility index (Phi) is 3.89. The lowest BCUT2D eigenvalue weighted by atomic mass is 9.80. The van der Waals surface area contributed by atoms with E-state index in [0.29, 0.717) is 5.56 Å². The van der Waals surface area contributed by atoms with Gasteiger partial charge in [-0.15, -0.1) is 0 Å². The summed E-state index contributed by atoms with van der Waals surface area (Å²) in [6, 6.07) is 6.66. The third-order valence-electron chi connectivity index (χ3n) is 5.44. The molecule has 4 heteroatoms. The molecule has 1 aromatic carbocycles. The third-order valence-corrected chi connectivity index (χ3v) is 5.44. The molecule has 0 aromatic heterocycles. The summed E-state index contributed by atoms with van der Waals surface area (Å²) >= 11 is 0. The number of fused-ring (bicyclic) bond motifs is 2. The van der Waals surface area contributed by atoms with Gasteiger partial charge in [0, 0.05) is 12.2 Å². The molecule has 2 saturated carbocycles. The lowest BCUT2D eigenvalue weighted by molar-refractivity contribution is -0.127. The van der Waals surface area contributed by atoms with Gasteiger partial charge in [-0.2, -0.15) is 13.2 Å². The van der Waals surface area contributed by atoms with Crippen LogP contribution in [-0.4, -0.2) is 12.7 Å². The fourth-order valence-corrected chi connectivity index (χ4v) is 4.26. The zero-order chi connectivity index (χ0) is 15.0. The summed E-state index contributed by atoms with van der Waals surface area (Å²) < 4.78 is 36.9. The third kappa shape index (κ3) is 3.35. The van der Waals surface area contributed by atoms with Crippen LogP contribution in [0.25, 0.3) is 0 Å². The summed E-state index contributed by atoms with van der Waals surface area (Å²) in [5, 5.41) is 3.41. The highest BCUT2D eigenvalue weighted by Crippen LogP contribution is 2.51. The van der Waals surface area contributed by atoms with Crippen molar-refractivity contribution in [3.63, 3.8) is 0 Å². The molecule has 0 radical (unpaired) electrons. The van der Waals surface area contributed by atoms with Crippen LogP contribution in [0.3, 0.4) is 0 Å². The molecule has 2 bridgehead atoms. The number of nitrogens with one attached hydrogen (secondary N) is 1. The summed E-state index contributed by atoms with van der Waals surface area (Å²) in [4.78, 5) is 0. The molecule has 0 amide bonds. The molecule has 21 heavy (non-hydrogen) atoms. The first-order valence-electron chi connectivity index (χ1n) is 7.82. The van der Waals surface area contributed by atoms with Gasteiger partial charge in [0.05, 0.1) is 6.42 Å². The Labute approximate surface area is 123 Å². The minimum atomic E-state index is -4.13. The number of hydrogen-bond acceptors (Lipinski definition) is 1. The van der Waals surface area contributed by atoms with Crippen LogP contribution < -0.4 is 5.32 Å². The van der Waals surface area contributed by atoms with Crippen LogP contribution >= 0.6 is 0 Å². The van der Waals surface area contributed by atoms with Gasteiger partial charge < -0.3 is 5.32 Å². The molecule has 1 N–H and O–H groups in total. The molecule has 0 spiro atoms. The Morgan fingerprint density at radius 3 is 2.33 bits per heavy atom. The predicted molar refractivity (Wildman–Crippen MR) is 78.2 cm³/mol. The van der Waals surface area contributed by atoms with Gasteiger partial charge in [-0.05, 0) is 60.6 Å². The molecule has 3 rings (SSSR count). The molecule has 0 heterocycles. The van der Waals surface area contributed by atoms with E-state index in [1.807, 2.05) is 0 Å². The summed E-state index contributed by atoms with van der Waals surface area (Å²) in [6.07, 6.45) is -0.872. The topological polar surface area (TPSA) is 12.0 Å². The van der Waals surface area contributed by atoms with Crippen molar-refractivity contribution in [2.45, 2.75) is 38.8 Å². The Hall–Kier alpha value is -1.19. The molecule has 4 unspecified atom stereocenters. The second-order valence-corrected chi connectivity index (χ2v) is 6.73. The molecular weight excluding hydrogens is 275 g/mol. The van der Waals surface area contributed by atoms with Crippen LogP contribution in [0.5, 0.6) is 0 Å². The van der Waals surface area contributed by atoms with Crippen LogP contribution in [0, 0.1) is 23.7 Å².